The number of benzene rings is 2. The molecule has 1 heterocycles. The third kappa shape index (κ3) is 2.98. The van der Waals surface area contributed by atoms with Crippen molar-refractivity contribution in [1.82, 2.24) is 0 Å². The number of hydrogen-bond donors (Lipinski definition) is 1. The van der Waals surface area contributed by atoms with Gasteiger partial charge < -0.3 is 10.2 Å². The Labute approximate surface area is 132 Å². The summed E-state index contributed by atoms with van der Waals surface area (Å²) in [6.07, 6.45) is 2.52. The number of para-hydroxylation sites is 1. The Balaban J connectivity index is 1.75. The van der Waals surface area contributed by atoms with E-state index in [1.54, 1.807) is 0 Å². The van der Waals surface area contributed by atoms with Crippen LogP contribution in [0.25, 0.3) is 0 Å². The van der Waals surface area contributed by atoms with Crippen molar-refractivity contribution >= 4 is 17.3 Å². The fraction of sp³-hybridized carbons (Fsp3) is 0.316. The van der Waals surface area contributed by atoms with E-state index in [2.05, 4.69) is 10.2 Å². The fourth-order valence-electron chi connectivity index (χ4n) is 3.00. The lowest BCUT2D eigenvalue weighted by molar-refractivity contribution is 0.102. The number of amides is 1. The van der Waals surface area contributed by atoms with E-state index in [0.717, 1.165) is 29.9 Å². The number of aryl methyl sites for hydroxylation is 2. The second-order valence-corrected chi connectivity index (χ2v) is 5.96. The molecule has 1 amide bonds. The van der Waals surface area contributed by atoms with Gasteiger partial charge in [-0.05, 0) is 62.1 Å². The molecule has 0 spiro atoms. The molecule has 0 radical (unpaired) electrons. The number of anilines is 2. The summed E-state index contributed by atoms with van der Waals surface area (Å²) in [7, 11) is 0. The first kappa shape index (κ1) is 14.6. The van der Waals surface area contributed by atoms with Crippen LogP contribution in [-0.2, 0) is 0 Å². The molecule has 1 fully saturated rings. The molecule has 3 nitrogen and oxygen atoms in total. The molecule has 3 heteroatoms. The lowest BCUT2D eigenvalue weighted by atomic mass is 10.1. The summed E-state index contributed by atoms with van der Waals surface area (Å²) in [5, 5.41) is 3.03. The summed E-state index contributed by atoms with van der Waals surface area (Å²) in [5.41, 5.74) is 4.99. The minimum absolute atomic E-state index is 0.0506. The molecule has 0 saturated carbocycles. The van der Waals surface area contributed by atoms with Crippen LogP contribution in [-0.4, -0.2) is 19.0 Å². The summed E-state index contributed by atoms with van der Waals surface area (Å²) < 4.78 is 0. The van der Waals surface area contributed by atoms with Crippen LogP contribution in [0.5, 0.6) is 0 Å². The van der Waals surface area contributed by atoms with Crippen molar-refractivity contribution in [3.63, 3.8) is 0 Å². The van der Waals surface area contributed by atoms with Gasteiger partial charge in [-0.2, -0.15) is 0 Å². The van der Waals surface area contributed by atoms with Crippen molar-refractivity contribution < 1.29 is 4.79 Å². The Morgan fingerprint density at radius 2 is 1.55 bits per heavy atom. The lowest BCUT2D eigenvalue weighted by Gasteiger charge is -2.18. The first-order valence-corrected chi connectivity index (χ1v) is 7.88. The number of nitrogens with one attached hydrogen (secondary N) is 1. The van der Waals surface area contributed by atoms with E-state index in [1.165, 1.54) is 18.5 Å². The molecule has 0 bridgehead atoms. The predicted molar refractivity (Wildman–Crippen MR) is 91.8 cm³/mol. The summed E-state index contributed by atoms with van der Waals surface area (Å²) in [5.74, 6) is -0.0506. The molecule has 0 unspecified atom stereocenters. The molecule has 114 valence electrons. The summed E-state index contributed by atoms with van der Waals surface area (Å²) in [6.45, 7) is 6.26. The molecule has 0 aliphatic carbocycles. The number of carbonyl (C=O) groups excluding carboxylic acids is 1. The molecule has 0 aromatic heterocycles. The standard InChI is InChI=1S/C19H22N2O/c1-14-6-5-7-15(2)18(14)20-19(22)16-8-10-17(11-9-16)21-12-3-4-13-21/h5-11H,3-4,12-13H2,1-2H3,(H,20,22). The summed E-state index contributed by atoms with van der Waals surface area (Å²) in [4.78, 5) is 14.8. The molecule has 1 aliphatic rings. The highest BCUT2D eigenvalue weighted by atomic mass is 16.1. The first-order chi connectivity index (χ1) is 10.6. The molecule has 1 N–H and O–H groups in total. The van der Waals surface area contributed by atoms with Gasteiger partial charge in [-0.3, -0.25) is 4.79 Å². The molecule has 3 rings (SSSR count). The van der Waals surface area contributed by atoms with Crippen LogP contribution >= 0.6 is 0 Å². The first-order valence-electron chi connectivity index (χ1n) is 7.88. The van der Waals surface area contributed by atoms with E-state index in [4.69, 9.17) is 0 Å². The van der Waals surface area contributed by atoms with Gasteiger partial charge in [0.25, 0.3) is 5.91 Å². The van der Waals surface area contributed by atoms with E-state index in [9.17, 15) is 4.79 Å². The van der Waals surface area contributed by atoms with Crippen LogP contribution in [0.3, 0.4) is 0 Å². The predicted octanol–water partition coefficient (Wildman–Crippen LogP) is 4.16. The highest BCUT2D eigenvalue weighted by Crippen LogP contribution is 2.23. The van der Waals surface area contributed by atoms with Crippen molar-refractivity contribution in [2.24, 2.45) is 0 Å². The molecule has 2 aromatic rings. The number of carbonyl (C=O) groups is 1. The largest absolute Gasteiger partial charge is 0.372 e. The van der Waals surface area contributed by atoms with Crippen molar-refractivity contribution in [3.05, 3.63) is 59.2 Å². The Hall–Kier alpha value is -2.29. The minimum atomic E-state index is -0.0506. The summed E-state index contributed by atoms with van der Waals surface area (Å²) in [6, 6.07) is 14.0. The van der Waals surface area contributed by atoms with E-state index in [-0.39, 0.29) is 5.91 Å². The molecule has 2 aromatic carbocycles. The smallest absolute Gasteiger partial charge is 0.255 e. The molecule has 22 heavy (non-hydrogen) atoms. The minimum Gasteiger partial charge on any atom is -0.372 e. The lowest BCUT2D eigenvalue weighted by Crippen LogP contribution is -2.18. The van der Waals surface area contributed by atoms with Crippen LogP contribution in [0.15, 0.2) is 42.5 Å². The third-order valence-corrected chi connectivity index (χ3v) is 4.32. The van der Waals surface area contributed by atoms with Crippen LogP contribution in [0.1, 0.15) is 34.3 Å². The second kappa shape index (κ2) is 6.22. The van der Waals surface area contributed by atoms with Crippen LogP contribution in [0.2, 0.25) is 0 Å². The number of hydrogen-bond acceptors (Lipinski definition) is 2. The number of nitrogens with zero attached hydrogens (tertiary/aromatic N) is 1. The van der Waals surface area contributed by atoms with Crippen LogP contribution in [0.4, 0.5) is 11.4 Å². The number of rotatable bonds is 3. The van der Waals surface area contributed by atoms with Gasteiger partial charge >= 0.3 is 0 Å². The van der Waals surface area contributed by atoms with Gasteiger partial charge in [0.1, 0.15) is 0 Å². The maximum Gasteiger partial charge on any atom is 0.255 e. The SMILES string of the molecule is Cc1cccc(C)c1NC(=O)c1ccc(N2CCCC2)cc1. The fourth-order valence-corrected chi connectivity index (χ4v) is 3.00. The maximum atomic E-state index is 12.4. The van der Waals surface area contributed by atoms with Gasteiger partial charge in [0.2, 0.25) is 0 Å². The van der Waals surface area contributed by atoms with Gasteiger partial charge in [-0.1, -0.05) is 18.2 Å². The monoisotopic (exact) mass is 294 g/mol. The van der Waals surface area contributed by atoms with E-state index < -0.39 is 0 Å². The average Bonchev–Trinajstić information content (AvgIpc) is 3.05. The normalized spacial score (nSPS) is 14.2. The zero-order chi connectivity index (χ0) is 15.5. The quantitative estimate of drug-likeness (QED) is 0.922. The molecule has 1 saturated heterocycles. The van der Waals surface area contributed by atoms with Crippen molar-refractivity contribution in [1.29, 1.82) is 0 Å². The van der Waals surface area contributed by atoms with Gasteiger partial charge in [-0.25, -0.2) is 0 Å². The van der Waals surface area contributed by atoms with E-state index >= 15 is 0 Å². The van der Waals surface area contributed by atoms with Gasteiger partial charge in [-0.15, -0.1) is 0 Å². The Kier molecular flexibility index (Phi) is 4.14. The Bertz CT molecular complexity index is 650. The topological polar surface area (TPSA) is 32.3 Å². The van der Waals surface area contributed by atoms with Gasteiger partial charge in [0, 0.05) is 30.0 Å². The van der Waals surface area contributed by atoms with E-state index in [1.807, 2.05) is 56.3 Å². The third-order valence-electron chi connectivity index (χ3n) is 4.32. The molecule has 0 atom stereocenters. The van der Waals surface area contributed by atoms with Crippen molar-refractivity contribution in [2.45, 2.75) is 26.7 Å². The van der Waals surface area contributed by atoms with Gasteiger partial charge in [0.05, 0.1) is 0 Å². The molecular weight excluding hydrogens is 272 g/mol. The van der Waals surface area contributed by atoms with Crippen LogP contribution in [0, 0.1) is 13.8 Å². The Morgan fingerprint density at radius 1 is 0.955 bits per heavy atom. The highest BCUT2D eigenvalue weighted by Gasteiger charge is 2.13. The maximum absolute atomic E-state index is 12.4. The average molecular weight is 294 g/mol. The summed E-state index contributed by atoms with van der Waals surface area (Å²) >= 11 is 0. The zero-order valence-corrected chi connectivity index (χ0v) is 13.2. The Morgan fingerprint density at radius 3 is 2.14 bits per heavy atom. The highest BCUT2D eigenvalue weighted by molar-refractivity contribution is 6.05. The molecular formula is C19H22N2O. The van der Waals surface area contributed by atoms with Crippen molar-refractivity contribution in [2.75, 3.05) is 23.3 Å². The van der Waals surface area contributed by atoms with Crippen molar-refractivity contribution in [3.8, 4) is 0 Å². The van der Waals surface area contributed by atoms with E-state index in [0.29, 0.717) is 5.56 Å². The van der Waals surface area contributed by atoms with Crippen LogP contribution < -0.4 is 10.2 Å². The van der Waals surface area contributed by atoms with Gasteiger partial charge in [0.15, 0.2) is 0 Å². The second-order valence-electron chi connectivity index (χ2n) is 5.96. The molecule has 1 aliphatic heterocycles. The zero-order valence-electron chi connectivity index (χ0n) is 13.2.